The minimum Gasteiger partial charge on any atom is -0.353 e. The number of thioether (sulfide) groups is 1. The average Bonchev–Trinajstić information content (AvgIpc) is 2.48. The van der Waals surface area contributed by atoms with Gasteiger partial charge >= 0.3 is 0 Å². The third kappa shape index (κ3) is 7.31. The van der Waals surface area contributed by atoms with Crippen LogP contribution in [0, 0.1) is 5.92 Å². The molecule has 2 rings (SSSR count). The molecule has 0 radical (unpaired) electrons. The van der Waals surface area contributed by atoms with E-state index in [0.717, 1.165) is 44.0 Å². The number of amides is 2. The first kappa shape index (κ1) is 20.6. The lowest BCUT2D eigenvalue weighted by Gasteiger charge is -2.33. The van der Waals surface area contributed by atoms with E-state index in [-0.39, 0.29) is 30.3 Å². The Hall–Kier alpha value is -0.460. The van der Waals surface area contributed by atoms with Crippen molar-refractivity contribution in [3.8, 4) is 0 Å². The van der Waals surface area contributed by atoms with Gasteiger partial charge in [-0.3, -0.25) is 9.59 Å². The fourth-order valence-electron chi connectivity index (χ4n) is 3.01. The van der Waals surface area contributed by atoms with Crippen LogP contribution in [0.1, 0.15) is 39.5 Å². The maximum Gasteiger partial charge on any atom is 0.222 e. The first-order valence-electron chi connectivity index (χ1n) is 8.43. The SMILES string of the molecule is CC(C)CC(=O)N1CCC(NC(=O)CC2CSCCN2)CC1.Cl. The van der Waals surface area contributed by atoms with Gasteiger partial charge < -0.3 is 15.5 Å². The Balaban J connectivity index is 0.00000264. The predicted octanol–water partition coefficient (Wildman–Crippen LogP) is 1.66. The molecule has 2 N–H and O–H groups in total. The van der Waals surface area contributed by atoms with E-state index in [9.17, 15) is 9.59 Å². The Morgan fingerprint density at radius 2 is 2.00 bits per heavy atom. The fraction of sp³-hybridized carbons (Fsp3) is 0.875. The van der Waals surface area contributed by atoms with Crippen LogP contribution in [0.5, 0.6) is 0 Å². The molecule has 2 amide bonds. The van der Waals surface area contributed by atoms with Gasteiger partial charge in [0, 0.05) is 56.1 Å². The summed E-state index contributed by atoms with van der Waals surface area (Å²) in [5.41, 5.74) is 0. The van der Waals surface area contributed by atoms with Crippen molar-refractivity contribution in [3.63, 3.8) is 0 Å². The van der Waals surface area contributed by atoms with Gasteiger partial charge in [-0.05, 0) is 18.8 Å². The Morgan fingerprint density at radius 1 is 1.30 bits per heavy atom. The number of hydrogen-bond acceptors (Lipinski definition) is 4. The van der Waals surface area contributed by atoms with E-state index in [2.05, 4.69) is 24.5 Å². The highest BCUT2D eigenvalue weighted by molar-refractivity contribution is 7.99. The molecule has 23 heavy (non-hydrogen) atoms. The molecule has 0 aromatic carbocycles. The van der Waals surface area contributed by atoms with Gasteiger partial charge in [-0.1, -0.05) is 13.8 Å². The second kappa shape index (κ2) is 10.4. The zero-order valence-corrected chi connectivity index (χ0v) is 15.8. The number of carbonyl (C=O) groups excluding carboxylic acids is 2. The average molecular weight is 364 g/mol. The number of likely N-dealkylation sites (tertiary alicyclic amines) is 1. The van der Waals surface area contributed by atoms with Crippen molar-refractivity contribution in [3.05, 3.63) is 0 Å². The smallest absolute Gasteiger partial charge is 0.222 e. The van der Waals surface area contributed by atoms with Crippen LogP contribution < -0.4 is 10.6 Å². The number of carbonyl (C=O) groups is 2. The van der Waals surface area contributed by atoms with Gasteiger partial charge in [-0.15, -0.1) is 12.4 Å². The molecule has 134 valence electrons. The summed E-state index contributed by atoms with van der Waals surface area (Å²) in [6, 6.07) is 0.540. The zero-order chi connectivity index (χ0) is 15.9. The van der Waals surface area contributed by atoms with Crippen LogP contribution in [0.25, 0.3) is 0 Å². The molecule has 0 aromatic rings. The molecule has 1 atom stereocenters. The molecule has 0 aromatic heterocycles. The van der Waals surface area contributed by atoms with Crippen LogP contribution in [0.15, 0.2) is 0 Å². The second-order valence-corrected chi connectivity index (χ2v) is 7.90. The zero-order valence-electron chi connectivity index (χ0n) is 14.2. The van der Waals surface area contributed by atoms with Crippen LogP contribution >= 0.6 is 24.2 Å². The number of hydrogen-bond donors (Lipinski definition) is 2. The second-order valence-electron chi connectivity index (χ2n) is 6.75. The Bertz CT molecular complexity index is 382. The highest BCUT2D eigenvalue weighted by Crippen LogP contribution is 2.15. The quantitative estimate of drug-likeness (QED) is 0.779. The van der Waals surface area contributed by atoms with Crippen molar-refractivity contribution in [2.24, 2.45) is 5.92 Å². The maximum absolute atomic E-state index is 12.1. The summed E-state index contributed by atoms with van der Waals surface area (Å²) in [6.45, 7) is 6.69. The minimum absolute atomic E-state index is 0. The van der Waals surface area contributed by atoms with Gasteiger partial charge in [-0.25, -0.2) is 0 Å². The largest absolute Gasteiger partial charge is 0.353 e. The molecule has 5 nitrogen and oxygen atoms in total. The molecule has 0 spiro atoms. The normalized spacial score (nSPS) is 22.6. The number of piperidine rings is 1. The Kier molecular flexibility index (Phi) is 9.32. The molecule has 7 heteroatoms. The lowest BCUT2D eigenvalue weighted by molar-refractivity contribution is -0.133. The van der Waals surface area contributed by atoms with Crippen LogP contribution in [-0.2, 0) is 9.59 Å². The number of halogens is 1. The number of nitrogens with one attached hydrogen (secondary N) is 2. The number of rotatable bonds is 5. The van der Waals surface area contributed by atoms with E-state index in [1.165, 1.54) is 0 Å². The molecule has 0 aliphatic carbocycles. The Labute approximate surface area is 150 Å². The van der Waals surface area contributed by atoms with Crippen molar-refractivity contribution in [2.45, 2.75) is 51.6 Å². The molecule has 2 aliphatic rings. The first-order valence-corrected chi connectivity index (χ1v) is 9.58. The lowest BCUT2D eigenvalue weighted by Crippen LogP contribution is -2.48. The summed E-state index contributed by atoms with van der Waals surface area (Å²) in [7, 11) is 0. The highest BCUT2D eigenvalue weighted by Gasteiger charge is 2.25. The monoisotopic (exact) mass is 363 g/mol. The van der Waals surface area contributed by atoms with E-state index in [1.807, 2.05) is 16.7 Å². The highest BCUT2D eigenvalue weighted by atomic mass is 35.5. The van der Waals surface area contributed by atoms with E-state index in [4.69, 9.17) is 0 Å². The van der Waals surface area contributed by atoms with E-state index >= 15 is 0 Å². The summed E-state index contributed by atoms with van der Waals surface area (Å²) in [5, 5.41) is 6.53. The molecular weight excluding hydrogens is 334 g/mol. The molecule has 0 bridgehead atoms. The molecular formula is C16H30ClN3O2S. The lowest BCUT2D eigenvalue weighted by atomic mass is 10.0. The molecule has 2 fully saturated rings. The summed E-state index contributed by atoms with van der Waals surface area (Å²) >= 11 is 1.91. The van der Waals surface area contributed by atoms with Gasteiger partial charge in [0.05, 0.1) is 0 Å². The van der Waals surface area contributed by atoms with Crippen molar-refractivity contribution in [2.75, 3.05) is 31.1 Å². The predicted molar refractivity (Wildman–Crippen MR) is 98.2 cm³/mol. The topological polar surface area (TPSA) is 61.4 Å². The minimum atomic E-state index is 0. The molecule has 0 saturated carbocycles. The molecule has 2 heterocycles. The van der Waals surface area contributed by atoms with E-state index < -0.39 is 0 Å². The van der Waals surface area contributed by atoms with E-state index in [1.54, 1.807) is 0 Å². The molecule has 1 unspecified atom stereocenters. The summed E-state index contributed by atoms with van der Waals surface area (Å²) in [5.74, 6) is 2.97. The first-order chi connectivity index (χ1) is 10.5. The third-order valence-corrected chi connectivity index (χ3v) is 5.36. The maximum atomic E-state index is 12.1. The van der Waals surface area contributed by atoms with Crippen LogP contribution in [-0.4, -0.2) is 59.9 Å². The Morgan fingerprint density at radius 3 is 2.57 bits per heavy atom. The molecule has 2 aliphatic heterocycles. The van der Waals surface area contributed by atoms with Crippen LogP contribution in [0.4, 0.5) is 0 Å². The van der Waals surface area contributed by atoms with Gasteiger partial charge in [0.25, 0.3) is 0 Å². The van der Waals surface area contributed by atoms with Gasteiger partial charge in [0.1, 0.15) is 0 Å². The fourth-order valence-corrected chi connectivity index (χ4v) is 3.96. The standard InChI is InChI=1S/C16H29N3O2S.ClH/c1-12(2)9-16(21)19-6-3-13(4-7-19)18-15(20)10-14-11-22-8-5-17-14;/h12-14,17H,3-11H2,1-2H3,(H,18,20);1H. The summed E-state index contributed by atoms with van der Waals surface area (Å²) < 4.78 is 0. The van der Waals surface area contributed by atoms with Crippen molar-refractivity contribution < 1.29 is 9.59 Å². The van der Waals surface area contributed by atoms with Crippen molar-refractivity contribution >= 4 is 36.0 Å². The summed E-state index contributed by atoms with van der Waals surface area (Å²) in [4.78, 5) is 26.1. The van der Waals surface area contributed by atoms with Crippen molar-refractivity contribution in [1.29, 1.82) is 0 Å². The van der Waals surface area contributed by atoms with Gasteiger partial charge in [0.15, 0.2) is 0 Å². The van der Waals surface area contributed by atoms with Gasteiger partial charge in [-0.2, -0.15) is 11.8 Å². The van der Waals surface area contributed by atoms with Crippen LogP contribution in [0.3, 0.4) is 0 Å². The van der Waals surface area contributed by atoms with E-state index in [0.29, 0.717) is 24.8 Å². The van der Waals surface area contributed by atoms with Crippen LogP contribution in [0.2, 0.25) is 0 Å². The summed E-state index contributed by atoms with van der Waals surface area (Å²) in [6.07, 6.45) is 2.95. The number of nitrogens with zero attached hydrogens (tertiary/aromatic N) is 1. The molecule has 2 saturated heterocycles. The van der Waals surface area contributed by atoms with Gasteiger partial charge in [0.2, 0.25) is 11.8 Å². The third-order valence-electron chi connectivity index (χ3n) is 4.23. The van der Waals surface area contributed by atoms with Crippen molar-refractivity contribution in [1.82, 2.24) is 15.5 Å².